The molecule has 0 aromatic carbocycles. The number of ether oxygens (including phenoxy) is 1. The van der Waals surface area contributed by atoms with E-state index in [1.165, 1.54) is 17.7 Å². The van der Waals surface area contributed by atoms with Crippen LogP contribution >= 0.6 is 0 Å². The van der Waals surface area contributed by atoms with Gasteiger partial charge in [-0.05, 0) is 20.8 Å². The zero-order valence-corrected chi connectivity index (χ0v) is 12.2. The third kappa shape index (κ3) is 6.33. The summed E-state index contributed by atoms with van der Waals surface area (Å²) in [6.07, 6.45) is 11.7. The smallest absolute Gasteiger partial charge is 0.471 e. The first kappa shape index (κ1) is 17.3. The minimum atomic E-state index is -0.460. The summed E-state index contributed by atoms with van der Waals surface area (Å²) in [6, 6.07) is 0. The average Bonchev–Trinajstić information content (AvgIpc) is 2.24. The molecule has 0 spiro atoms. The number of hydrogen-bond acceptors (Lipinski definition) is 2. The van der Waals surface area contributed by atoms with Crippen LogP contribution in [0.15, 0.2) is 18.5 Å². The first-order valence-electron chi connectivity index (χ1n) is 6.21. The molecule has 0 fully saturated rings. The summed E-state index contributed by atoms with van der Waals surface area (Å²) in [4.78, 5) is 13.2. The van der Waals surface area contributed by atoms with Crippen LogP contribution in [0.5, 0.6) is 0 Å². The van der Waals surface area contributed by atoms with E-state index in [9.17, 15) is 4.79 Å². The quantitative estimate of drug-likeness (QED) is 0.544. The molecule has 4 heteroatoms. The summed E-state index contributed by atoms with van der Waals surface area (Å²) in [5.74, 6) is 0.327. The minimum Gasteiger partial charge on any atom is -0.471 e. The zero-order valence-electron chi connectivity index (χ0n) is 12.2. The molecule has 0 aromatic rings. The van der Waals surface area contributed by atoms with E-state index in [0.29, 0.717) is 5.92 Å². The Balaban J connectivity index is 0.00000289. The number of allylic oxidation sites excluding steroid dienone is 2. The molecule has 0 saturated carbocycles. The number of amides is 1. The Morgan fingerprint density at radius 2 is 2.11 bits per heavy atom. The fourth-order valence-corrected chi connectivity index (χ4v) is 1.50. The SMILES string of the molecule is CCCCC1[C-]=CN(C(=O)OC(C)(C)C)C=C1.[Li+]. The Bertz CT molecular complexity index is 304. The van der Waals surface area contributed by atoms with Crippen molar-refractivity contribution in [2.24, 2.45) is 5.92 Å². The van der Waals surface area contributed by atoms with Crippen molar-refractivity contribution in [2.45, 2.75) is 52.6 Å². The van der Waals surface area contributed by atoms with Crippen LogP contribution in [-0.4, -0.2) is 16.6 Å². The maximum absolute atomic E-state index is 11.7. The van der Waals surface area contributed by atoms with E-state index in [1.807, 2.05) is 26.8 Å². The van der Waals surface area contributed by atoms with E-state index in [0.717, 1.165) is 6.42 Å². The molecule has 0 aromatic heterocycles. The van der Waals surface area contributed by atoms with E-state index in [1.54, 1.807) is 12.4 Å². The molecule has 1 heterocycles. The van der Waals surface area contributed by atoms with Crippen LogP contribution in [0.3, 0.4) is 0 Å². The van der Waals surface area contributed by atoms with Crippen LogP contribution < -0.4 is 18.9 Å². The molecule has 96 valence electrons. The van der Waals surface area contributed by atoms with Gasteiger partial charge in [0.15, 0.2) is 0 Å². The van der Waals surface area contributed by atoms with Gasteiger partial charge in [0.05, 0.1) is 0 Å². The average molecular weight is 243 g/mol. The van der Waals surface area contributed by atoms with Crippen LogP contribution in [0.4, 0.5) is 4.79 Å². The Morgan fingerprint density at radius 1 is 1.44 bits per heavy atom. The first-order chi connectivity index (χ1) is 7.92. The van der Waals surface area contributed by atoms with Crippen molar-refractivity contribution < 1.29 is 28.4 Å². The molecule has 0 saturated heterocycles. The van der Waals surface area contributed by atoms with E-state index >= 15 is 0 Å². The van der Waals surface area contributed by atoms with Gasteiger partial charge in [-0.3, -0.25) is 4.90 Å². The van der Waals surface area contributed by atoms with E-state index in [2.05, 4.69) is 13.0 Å². The van der Waals surface area contributed by atoms with Crippen LogP contribution in [-0.2, 0) is 4.74 Å². The Hall–Kier alpha value is -0.653. The maximum Gasteiger partial charge on any atom is 1.00 e. The van der Waals surface area contributed by atoms with Gasteiger partial charge in [-0.1, -0.05) is 32.3 Å². The van der Waals surface area contributed by atoms with Crippen LogP contribution in [0, 0.1) is 12.0 Å². The third-order valence-electron chi connectivity index (χ3n) is 2.38. The Kier molecular flexibility index (Phi) is 7.43. The third-order valence-corrected chi connectivity index (χ3v) is 2.38. The van der Waals surface area contributed by atoms with Crippen LogP contribution in [0.2, 0.25) is 0 Å². The van der Waals surface area contributed by atoms with Crippen LogP contribution in [0.25, 0.3) is 0 Å². The van der Waals surface area contributed by atoms with Gasteiger partial charge in [-0.15, -0.1) is 0 Å². The van der Waals surface area contributed by atoms with Crippen molar-refractivity contribution >= 4 is 6.09 Å². The number of carbonyl (C=O) groups is 1. The summed E-state index contributed by atoms with van der Waals surface area (Å²) in [6.45, 7) is 7.74. The van der Waals surface area contributed by atoms with Gasteiger partial charge in [0.25, 0.3) is 0 Å². The monoisotopic (exact) mass is 243 g/mol. The number of hydrogen-bond donors (Lipinski definition) is 0. The molecular weight excluding hydrogens is 221 g/mol. The topological polar surface area (TPSA) is 29.5 Å². The van der Waals surface area contributed by atoms with Gasteiger partial charge >= 0.3 is 25.0 Å². The molecule has 1 aliphatic heterocycles. The number of rotatable bonds is 3. The van der Waals surface area contributed by atoms with Crippen LogP contribution in [0.1, 0.15) is 47.0 Å². The van der Waals surface area contributed by atoms with E-state index in [-0.39, 0.29) is 25.0 Å². The maximum atomic E-state index is 11.7. The second kappa shape index (κ2) is 7.71. The van der Waals surface area contributed by atoms with E-state index in [4.69, 9.17) is 4.74 Å². The molecule has 1 atom stereocenters. The normalized spacial score (nSPS) is 18.4. The van der Waals surface area contributed by atoms with E-state index < -0.39 is 5.60 Å². The van der Waals surface area contributed by atoms with Gasteiger partial charge < -0.3 is 10.8 Å². The van der Waals surface area contributed by atoms with Gasteiger partial charge in [-0.2, -0.15) is 12.1 Å². The van der Waals surface area contributed by atoms with Gasteiger partial charge in [0, 0.05) is 6.20 Å². The minimum absolute atomic E-state index is 0. The molecule has 18 heavy (non-hydrogen) atoms. The Labute approximate surface area is 122 Å². The number of unbranched alkanes of at least 4 members (excludes halogenated alkanes) is 1. The summed E-state index contributed by atoms with van der Waals surface area (Å²) in [7, 11) is 0. The zero-order chi connectivity index (χ0) is 12.9. The molecule has 0 radical (unpaired) electrons. The summed E-state index contributed by atoms with van der Waals surface area (Å²) < 4.78 is 5.26. The molecule has 0 aliphatic carbocycles. The summed E-state index contributed by atoms with van der Waals surface area (Å²) in [5, 5.41) is 0. The van der Waals surface area contributed by atoms with Crippen molar-refractivity contribution in [3.8, 4) is 0 Å². The summed E-state index contributed by atoms with van der Waals surface area (Å²) >= 11 is 0. The van der Waals surface area contributed by atoms with Crippen molar-refractivity contribution in [2.75, 3.05) is 0 Å². The fraction of sp³-hybridized carbons (Fsp3) is 0.643. The van der Waals surface area contributed by atoms with Crippen molar-refractivity contribution in [3.05, 3.63) is 24.6 Å². The largest absolute Gasteiger partial charge is 1.00 e. The standard InChI is InChI=1S/C14H22NO2.Li/c1-5-6-7-12-8-10-15(11-9-12)13(16)17-14(2,3)4;/h8,10-12H,5-7H2,1-4H3;/q-1;+1. The molecular formula is C14H22LiNO2. The Morgan fingerprint density at radius 3 is 2.56 bits per heavy atom. The molecule has 1 rings (SSSR count). The molecule has 0 bridgehead atoms. The molecule has 1 amide bonds. The second-order valence-electron chi connectivity index (χ2n) is 5.27. The summed E-state index contributed by atoms with van der Waals surface area (Å²) in [5.41, 5.74) is -0.460. The van der Waals surface area contributed by atoms with Crippen molar-refractivity contribution in [3.63, 3.8) is 0 Å². The molecule has 1 aliphatic rings. The van der Waals surface area contributed by atoms with Gasteiger partial charge in [0.2, 0.25) is 0 Å². The fourth-order valence-electron chi connectivity index (χ4n) is 1.50. The first-order valence-corrected chi connectivity index (χ1v) is 6.21. The predicted octanol–water partition coefficient (Wildman–Crippen LogP) is 0.878. The predicted molar refractivity (Wildman–Crippen MR) is 68.0 cm³/mol. The number of nitrogens with zero attached hydrogens (tertiary/aromatic N) is 1. The molecule has 3 nitrogen and oxygen atoms in total. The number of carbonyl (C=O) groups excluding carboxylic acids is 1. The van der Waals surface area contributed by atoms with Gasteiger partial charge in [-0.25, -0.2) is 4.79 Å². The van der Waals surface area contributed by atoms with Crippen molar-refractivity contribution in [1.82, 2.24) is 4.90 Å². The molecule has 0 N–H and O–H groups in total. The van der Waals surface area contributed by atoms with Crippen molar-refractivity contribution in [1.29, 1.82) is 0 Å². The molecule has 1 unspecified atom stereocenters. The van der Waals surface area contributed by atoms with Gasteiger partial charge in [0.1, 0.15) is 5.60 Å². The second-order valence-corrected chi connectivity index (χ2v) is 5.27.